The molecule has 0 aliphatic rings. The van der Waals surface area contributed by atoms with Gasteiger partial charge in [-0.25, -0.2) is 0 Å². The molecule has 0 saturated carbocycles. The molecule has 26 heavy (non-hydrogen) atoms. The van der Waals surface area contributed by atoms with Gasteiger partial charge in [-0.1, -0.05) is 83.8 Å². The molecule has 0 saturated heterocycles. The second-order valence-corrected chi connectivity index (χ2v) is 6.99. The third-order valence-electron chi connectivity index (χ3n) is 4.47. The minimum Gasteiger partial charge on any atom is -0.0613 e. The molecule has 0 unspecified atom stereocenters. The van der Waals surface area contributed by atoms with Gasteiger partial charge in [-0.15, -0.1) is 0 Å². The molecular weight excluding hydrogens is 312 g/mol. The van der Waals surface area contributed by atoms with E-state index >= 15 is 0 Å². The van der Waals surface area contributed by atoms with E-state index in [1.165, 1.54) is 0 Å². The molecule has 0 aliphatic heterocycles. The molecule has 0 atom stereocenters. The number of rotatable bonds is 5. The maximum absolute atomic E-state index is 7.94. The van der Waals surface area contributed by atoms with Crippen molar-refractivity contribution in [3.05, 3.63) is 105 Å². The lowest BCUT2D eigenvalue weighted by Crippen LogP contribution is -1.96. The molecule has 3 aromatic carbocycles. The van der Waals surface area contributed by atoms with Gasteiger partial charge in [-0.2, -0.15) is 0 Å². The molecule has 0 nitrogen and oxygen atoms in total. The first-order valence-electron chi connectivity index (χ1n) is 13.4. The Hall–Kier alpha value is -2.34. The van der Waals surface area contributed by atoms with Gasteiger partial charge >= 0.3 is 0 Å². The van der Waals surface area contributed by atoms with Crippen LogP contribution in [0.25, 0.3) is 0 Å². The van der Waals surface area contributed by atoms with E-state index in [9.17, 15) is 0 Å². The van der Waals surface area contributed by atoms with Crippen LogP contribution >= 0.6 is 0 Å². The van der Waals surface area contributed by atoms with Crippen LogP contribution in [0.2, 0.25) is 0 Å². The number of hydrogen-bond acceptors (Lipinski definition) is 0. The van der Waals surface area contributed by atoms with Crippen LogP contribution < -0.4 is 0 Å². The van der Waals surface area contributed by atoms with Crippen molar-refractivity contribution < 1.29 is 12.3 Å². The molecule has 0 spiro atoms. The zero-order valence-electron chi connectivity index (χ0n) is 24.3. The van der Waals surface area contributed by atoms with Gasteiger partial charge in [-0.3, -0.25) is 0 Å². The summed E-state index contributed by atoms with van der Waals surface area (Å²) in [6, 6.07) is 15.7. The third-order valence-corrected chi connectivity index (χ3v) is 4.47. The Morgan fingerprint density at radius 3 is 1.42 bits per heavy atom. The molecule has 0 N–H and O–H groups in total. The first-order chi connectivity index (χ1) is 16.0. The Labute approximate surface area is 171 Å². The molecule has 0 bridgehead atoms. The Balaban J connectivity index is 2.04. The van der Waals surface area contributed by atoms with Crippen LogP contribution in [-0.2, 0) is 19.3 Å². The standard InChI is InChI=1S/C26H30/c1-6-22-8-20(4)11-24(14-22)16-26-13-21(5)12-25(17-26)15-23-9-18(2)7-19(3)10-23/h7-14,17H,6,15-16H2,1-5H3/i2D3,4D3,5D3. The first kappa shape index (κ1) is 10.1. The van der Waals surface area contributed by atoms with Crippen LogP contribution in [0.1, 0.15) is 69.3 Å². The summed E-state index contributed by atoms with van der Waals surface area (Å²) < 4.78 is 70.4. The second-order valence-electron chi connectivity index (χ2n) is 6.99. The van der Waals surface area contributed by atoms with Gasteiger partial charge in [-0.05, 0) is 74.6 Å². The molecule has 0 radical (unpaired) electrons. The summed E-state index contributed by atoms with van der Waals surface area (Å²) in [4.78, 5) is 0. The maximum atomic E-state index is 7.94. The fourth-order valence-corrected chi connectivity index (χ4v) is 3.47. The summed E-state index contributed by atoms with van der Waals surface area (Å²) in [5, 5.41) is 0. The van der Waals surface area contributed by atoms with Gasteiger partial charge in [0.05, 0.1) is 0 Å². The second kappa shape index (κ2) is 7.91. The quantitative estimate of drug-likeness (QED) is 0.482. The van der Waals surface area contributed by atoms with E-state index < -0.39 is 20.6 Å². The van der Waals surface area contributed by atoms with Gasteiger partial charge in [0.2, 0.25) is 0 Å². The minimum absolute atomic E-state index is 0.205. The van der Waals surface area contributed by atoms with Crippen molar-refractivity contribution in [2.75, 3.05) is 0 Å². The highest BCUT2D eigenvalue weighted by Gasteiger charge is 2.05. The van der Waals surface area contributed by atoms with E-state index in [0.717, 1.165) is 33.4 Å². The molecule has 0 aliphatic carbocycles. The lowest BCUT2D eigenvalue weighted by atomic mass is 9.94. The van der Waals surface area contributed by atoms with Crippen LogP contribution in [0, 0.1) is 27.5 Å². The highest BCUT2D eigenvalue weighted by Crippen LogP contribution is 2.20. The van der Waals surface area contributed by atoms with Crippen molar-refractivity contribution in [3.8, 4) is 0 Å². The Morgan fingerprint density at radius 2 is 0.923 bits per heavy atom. The molecule has 0 aromatic heterocycles. The average Bonchev–Trinajstić information content (AvgIpc) is 2.71. The largest absolute Gasteiger partial charge is 0.0613 e. The predicted octanol–water partition coefficient (Wildman–Crippen LogP) is 6.66. The lowest BCUT2D eigenvalue weighted by Gasteiger charge is -2.11. The average molecular weight is 352 g/mol. The summed E-state index contributed by atoms with van der Waals surface area (Å²) in [5.41, 5.74) is 5.61. The molecule has 0 fully saturated rings. The zero-order valence-corrected chi connectivity index (χ0v) is 15.3. The van der Waals surface area contributed by atoms with E-state index in [0.29, 0.717) is 19.3 Å². The Bertz CT molecular complexity index is 1200. The highest BCUT2D eigenvalue weighted by molar-refractivity contribution is 5.39. The molecule has 0 amide bonds. The summed E-state index contributed by atoms with van der Waals surface area (Å²) >= 11 is 0. The maximum Gasteiger partial charge on any atom is 0.0280 e. The monoisotopic (exact) mass is 351 g/mol. The van der Waals surface area contributed by atoms with Gasteiger partial charge in [0, 0.05) is 12.3 Å². The zero-order chi connectivity index (χ0) is 26.2. The summed E-state index contributed by atoms with van der Waals surface area (Å²) in [7, 11) is 0. The lowest BCUT2D eigenvalue weighted by molar-refractivity contribution is 1.08. The summed E-state index contributed by atoms with van der Waals surface area (Å²) in [6.45, 7) is -2.96. The van der Waals surface area contributed by atoms with Crippen LogP contribution in [0.15, 0.2) is 54.6 Å². The van der Waals surface area contributed by atoms with Crippen LogP contribution in [-0.4, -0.2) is 0 Å². The summed E-state index contributed by atoms with van der Waals surface area (Å²) in [5.74, 6) is 0. The van der Waals surface area contributed by atoms with Gasteiger partial charge in [0.15, 0.2) is 0 Å². The number of benzene rings is 3. The SMILES string of the molecule is [2H]C([2H])([2H])c1cc(C)cc(Cc2cc(Cc3cc(CC)cc(C([2H])([2H])[2H])c3)cc(C([2H])([2H])[2H])c2)c1. The fraction of sp³-hybridized carbons (Fsp3) is 0.308. The van der Waals surface area contributed by atoms with Crippen molar-refractivity contribution in [2.24, 2.45) is 0 Å². The Kier molecular flexibility index (Phi) is 3.08. The highest BCUT2D eigenvalue weighted by atomic mass is 14.1. The minimum atomic E-state index is -2.31. The normalized spacial score (nSPS) is 17.5. The molecule has 3 aromatic rings. The number of aryl methyl sites for hydroxylation is 5. The van der Waals surface area contributed by atoms with Crippen molar-refractivity contribution in [1.29, 1.82) is 0 Å². The smallest absolute Gasteiger partial charge is 0.0280 e. The van der Waals surface area contributed by atoms with E-state index in [4.69, 9.17) is 12.3 Å². The molecule has 3 rings (SSSR count). The molecule has 0 heterocycles. The van der Waals surface area contributed by atoms with E-state index in [1.54, 1.807) is 36.4 Å². The fourth-order valence-electron chi connectivity index (χ4n) is 3.47. The topological polar surface area (TPSA) is 0 Å². The predicted molar refractivity (Wildman–Crippen MR) is 113 cm³/mol. The third kappa shape index (κ3) is 4.85. The van der Waals surface area contributed by atoms with Gasteiger partial charge in [0.1, 0.15) is 0 Å². The molecule has 0 heteroatoms. The van der Waals surface area contributed by atoms with E-state index in [1.807, 2.05) is 32.0 Å². The van der Waals surface area contributed by atoms with Crippen LogP contribution in [0.5, 0.6) is 0 Å². The van der Waals surface area contributed by atoms with E-state index in [-0.39, 0.29) is 16.7 Å². The molecular formula is C26H30. The van der Waals surface area contributed by atoms with Crippen molar-refractivity contribution in [3.63, 3.8) is 0 Å². The van der Waals surface area contributed by atoms with E-state index in [2.05, 4.69) is 0 Å². The first-order valence-corrected chi connectivity index (χ1v) is 8.92. The van der Waals surface area contributed by atoms with Crippen molar-refractivity contribution in [2.45, 2.75) is 53.7 Å². The van der Waals surface area contributed by atoms with Crippen LogP contribution in [0.3, 0.4) is 0 Å². The number of hydrogen-bond donors (Lipinski definition) is 0. The van der Waals surface area contributed by atoms with Crippen molar-refractivity contribution >= 4 is 0 Å². The van der Waals surface area contributed by atoms with Gasteiger partial charge < -0.3 is 0 Å². The summed E-state index contributed by atoms with van der Waals surface area (Å²) in [6.07, 6.45) is 1.47. The molecule has 134 valence electrons. The van der Waals surface area contributed by atoms with Gasteiger partial charge in [0.25, 0.3) is 0 Å². The van der Waals surface area contributed by atoms with Crippen LogP contribution in [0.4, 0.5) is 0 Å². The Morgan fingerprint density at radius 1 is 0.538 bits per heavy atom. The van der Waals surface area contributed by atoms with Crippen molar-refractivity contribution in [1.82, 2.24) is 0 Å².